The monoisotopic (exact) mass is 1110 g/mol. The zero-order chi connectivity index (χ0) is 57.1. The third-order valence-electron chi connectivity index (χ3n) is 15.5. The van der Waals surface area contributed by atoms with E-state index in [0.29, 0.717) is 19.3 Å². The molecule has 0 spiro atoms. The molecule has 0 aliphatic heterocycles. The third kappa shape index (κ3) is 65.8. The quantitative estimate of drug-likeness (QED) is 0.0261. The van der Waals surface area contributed by atoms with Gasteiger partial charge in [0.1, 0.15) is 13.2 Å². The maximum absolute atomic E-state index is 12.9. The molecule has 0 aromatic heterocycles. The number of allylic oxidation sites excluding steroid dienone is 10. The summed E-state index contributed by atoms with van der Waals surface area (Å²) < 4.78 is 17.0. The molecule has 0 heterocycles. The van der Waals surface area contributed by atoms with Gasteiger partial charge in [0.05, 0.1) is 0 Å². The standard InChI is InChI=1S/C73H132O6/c1-4-7-10-13-16-19-22-25-28-30-32-33-34-35-36-37-38-39-41-42-45-48-51-54-57-60-63-66-72(75)78-69-70(68-77-71(74)65-62-59-56-53-50-47-44-27-24-21-18-15-12-9-6-3)79-73(76)67-64-61-58-55-52-49-46-43-40-31-29-26-23-20-17-14-11-8-5-2/h17,20,22,25-26,29-30,32,40,43,70H,4-16,18-19,21,23-24,27-28,31,33-39,41-42,44-69H2,1-3H3/b20-17-,25-22-,29-26-,32-30-,43-40-. The predicted octanol–water partition coefficient (Wildman–Crippen LogP) is 23.9. The fraction of sp³-hybridized carbons (Fsp3) is 0.822. The molecule has 0 amide bonds. The highest BCUT2D eigenvalue weighted by molar-refractivity contribution is 5.71. The maximum Gasteiger partial charge on any atom is 0.306 e. The second kappa shape index (κ2) is 67.6. The van der Waals surface area contributed by atoms with Crippen molar-refractivity contribution in [3.63, 3.8) is 0 Å². The Morgan fingerprint density at radius 1 is 0.253 bits per heavy atom. The Balaban J connectivity index is 4.28. The molecule has 0 saturated heterocycles. The minimum absolute atomic E-state index is 0.0752. The number of carbonyl (C=O) groups is 3. The van der Waals surface area contributed by atoms with Gasteiger partial charge in [0, 0.05) is 19.3 Å². The van der Waals surface area contributed by atoms with Gasteiger partial charge in [0.2, 0.25) is 0 Å². The van der Waals surface area contributed by atoms with Crippen molar-refractivity contribution in [1.82, 2.24) is 0 Å². The molecule has 0 aromatic rings. The van der Waals surface area contributed by atoms with Crippen molar-refractivity contribution in [2.24, 2.45) is 0 Å². The van der Waals surface area contributed by atoms with Crippen LogP contribution in [0.1, 0.15) is 367 Å². The summed E-state index contributed by atoms with van der Waals surface area (Å²) in [5.74, 6) is -0.865. The van der Waals surface area contributed by atoms with Gasteiger partial charge in [0.25, 0.3) is 0 Å². The van der Waals surface area contributed by atoms with E-state index in [2.05, 4.69) is 81.5 Å². The topological polar surface area (TPSA) is 78.9 Å². The van der Waals surface area contributed by atoms with Crippen LogP contribution in [-0.2, 0) is 28.6 Å². The average molecular weight is 1110 g/mol. The molecule has 0 fully saturated rings. The first kappa shape index (κ1) is 76.1. The fourth-order valence-electron chi connectivity index (χ4n) is 10.2. The van der Waals surface area contributed by atoms with Crippen molar-refractivity contribution < 1.29 is 28.6 Å². The lowest BCUT2D eigenvalue weighted by atomic mass is 10.0. The van der Waals surface area contributed by atoms with Crippen LogP contribution in [0.3, 0.4) is 0 Å². The Kier molecular flexibility index (Phi) is 65.1. The summed E-state index contributed by atoms with van der Waals surface area (Å²) in [5.41, 5.74) is 0. The van der Waals surface area contributed by atoms with Crippen molar-refractivity contribution >= 4 is 17.9 Å². The van der Waals surface area contributed by atoms with E-state index in [0.717, 1.165) is 83.5 Å². The maximum atomic E-state index is 12.9. The van der Waals surface area contributed by atoms with Gasteiger partial charge in [-0.05, 0) is 89.9 Å². The van der Waals surface area contributed by atoms with Crippen molar-refractivity contribution in [2.75, 3.05) is 13.2 Å². The van der Waals surface area contributed by atoms with Crippen molar-refractivity contribution in [3.8, 4) is 0 Å². The van der Waals surface area contributed by atoms with Gasteiger partial charge in [-0.3, -0.25) is 14.4 Å². The molecule has 79 heavy (non-hydrogen) atoms. The number of carbonyl (C=O) groups excluding carboxylic acids is 3. The molecule has 6 nitrogen and oxygen atoms in total. The zero-order valence-electron chi connectivity index (χ0n) is 52.9. The first-order chi connectivity index (χ1) is 39.0. The Morgan fingerprint density at radius 3 is 0.734 bits per heavy atom. The lowest BCUT2D eigenvalue weighted by molar-refractivity contribution is -0.167. The van der Waals surface area contributed by atoms with Crippen LogP contribution < -0.4 is 0 Å². The highest BCUT2D eigenvalue weighted by Gasteiger charge is 2.19. The van der Waals surface area contributed by atoms with Crippen LogP contribution in [-0.4, -0.2) is 37.2 Å². The van der Waals surface area contributed by atoms with Gasteiger partial charge in [-0.25, -0.2) is 0 Å². The van der Waals surface area contributed by atoms with Gasteiger partial charge in [0.15, 0.2) is 6.10 Å². The highest BCUT2D eigenvalue weighted by Crippen LogP contribution is 2.18. The average Bonchev–Trinajstić information content (AvgIpc) is 3.45. The van der Waals surface area contributed by atoms with Crippen molar-refractivity contribution in [1.29, 1.82) is 0 Å². The first-order valence-electron chi connectivity index (χ1n) is 34.8. The predicted molar refractivity (Wildman–Crippen MR) is 344 cm³/mol. The molecule has 0 aliphatic rings. The number of rotatable bonds is 64. The number of hydrogen-bond acceptors (Lipinski definition) is 6. The SMILES string of the molecule is CCCCC/C=C\C/C=C\C/C=C\CCCCCCCCC(=O)OC(COC(=O)CCCCCCCCCCCCCCCCC)COC(=O)CCCCCCCCCCCCCCCCC/C=C\C/C=C\CCCCCCC. The molecule has 0 bridgehead atoms. The van der Waals surface area contributed by atoms with Gasteiger partial charge in [-0.2, -0.15) is 0 Å². The van der Waals surface area contributed by atoms with Gasteiger partial charge in [-0.1, -0.05) is 319 Å². The molecule has 1 atom stereocenters. The van der Waals surface area contributed by atoms with E-state index in [9.17, 15) is 14.4 Å². The molecule has 0 aliphatic carbocycles. The van der Waals surface area contributed by atoms with Crippen molar-refractivity contribution in [3.05, 3.63) is 60.8 Å². The van der Waals surface area contributed by atoms with Crippen molar-refractivity contribution in [2.45, 2.75) is 374 Å². The Bertz CT molecular complexity index is 1410. The summed E-state index contributed by atoms with van der Waals surface area (Å²) in [7, 11) is 0. The number of ether oxygens (including phenoxy) is 3. The molecule has 0 rings (SSSR count). The Hall–Kier alpha value is -2.89. The van der Waals surface area contributed by atoms with E-state index in [4.69, 9.17) is 14.2 Å². The molecule has 1 unspecified atom stereocenters. The number of hydrogen-bond donors (Lipinski definition) is 0. The Morgan fingerprint density at radius 2 is 0.456 bits per heavy atom. The smallest absolute Gasteiger partial charge is 0.306 e. The number of unbranched alkanes of at least 4 members (excludes halogenated alkanes) is 43. The van der Waals surface area contributed by atoms with Crippen LogP contribution in [0.25, 0.3) is 0 Å². The van der Waals surface area contributed by atoms with E-state index < -0.39 is 6.10 Å². The van der Waals surface area contributed by atoms with E-state index in [1.165, 1.54) is 244 Å². The molecule has 0 aromatic carbocycles. The summed E-state index contributed by atoms with van der Waals surface area (Å²) in [6.45, 7) is 6.65. The molecular weight excluding hydrogens is 973 g/mol. The minimum atomic E-state index is -0.780. The van der Waals surface area contributed by atoms with Crippen LogP contribution in [0.5, 0.6) is 0 Å². The second-order valence-corrected chi connectivity index (χ2v) is 23.4. The van der Waals surface area contributed by atoms with Crippen LogP contribution in [0.2, 0.25) is 0 Å². The molecule has 0 saturated carbocycles. The lowest BCUT2D eigenvalue weighted by Gasteiger charge is -2.18. The second-order valence-electron chi connectivity index (χ2n) is 23.4. The zero-order valence-corrected chi connectivity index (χ0v) is 52.9. The largest absolute Gasteiger partial charge is 0.462 e. The minimum Gasteiger partial charge on any atom is -0.462 e. The highest BCUT2D eigenvalue weighted by atomic mass is 16.6. The third-order valence-corrected chi connectivity index (χ3v) is 15.5. The van der Waals surface area contributed by atoms with E-state index >= 15 is 0 Å². The number of esters is 3. The van der Waals surface area contributed by atoms with Crippen LogP contribution in [0, 0.1) is 0 Å². The van der Waals surface area contributed by atoms with Gasteiger partial charge >= 0.3 is 17.9 Å². The molecular formula is C73H132O6. The van der Waals surface area contributed by atoms with Crippen LogP contribution in [0.15, 0.2) is 60.8 Å². The summed E-state index contributed by atoms with van der Waals surface area (Å²) in [5, 5.41) is 0. The van der Waals surface area contributed by atoms with E-state index in [-0.39, 0.29) is 31.1 Å². The van der Waals surface area contributed by atoms with Gasteiger partial charge in [-0.15, -0.1) is 0 Å². The summed E-state index contributed by atoms with van der Waals surface area (Å²) >= 11 is 0. The Labute approximate surface area is 491 Å². The first-order valence-corrected chi connectivity index (χ1v) is 34.8. The lowest BCUT2D eigenvalue weighted by Crippen LogP contribution is -2.30. The molecule has 0 radical (unpaired) electrons. The van der Waals surface area contributed by atoms with E-state index in [1.807, 2.05) is 0 Å². The fourth-order valence-corrected chi connectivity index (χ4v) is 10.2. The molecule has 460 valence electrons. The molecule has 0 N–H and O–H groups in total. The van der Waals surface area contributed by atoms with Crippen LogP contribution in [0.4, 0.5) is 0 Å². The van der Waals surface area contributed by atoms with E-state index in [1.54, 1.807) is 0 Å². The summed E-state index contributed by atoms with van der Waals surface area (Å²) in [6.07, 6.45) is 86.7. The normalized spacial score (nSPS) is 12.4. The molecule has 6 heteroatoms. The summed E-state index contributed by atoms with van der Waals surface area (Å²) in [6, 6.07) is 0. The van der Waals surface area contributed by atoms with Crippen LogP contribution >= 0.6 is 0 Å². The van der Waals surface area contributed by atoms with Gasteiger partial charge < -0.3 is 14.2 Å². The summed E-state index contributed by atoms with van der Waals surface area (Å²) in [4.78, 5) is 38.4.